The molecule has 9 heteroatoms. The molecule has 2 rings (SSSR count). The molecule has 0 bridgehead atoms. The lowest BCUT2D eigenvalue weighted by atomic mass is 10.2. The van der Waals surface area contributed by atoms with Gasteiger partial charge in [-0.25, -0.2) is 4.79 Å². The van der Waals surface area contributed by atoms with Gasteiger partial charge in [-0.05, 0) is 25.5 Å². The first kappa shape index (κ1) is 17.4. The summed E-state index contributed by atoms with van der Waals surface area (Å²) in [5, 5.41) is 15.4. The maximum absolute atomic E-state index is 12.5. The van der Waals surface area contributed by atoms with Gasteiger partial charge in [-0.1, -0.05) is 6.92 Å². The van der Waals surface area contributed by atoms with Crippen LogP contribution in [0.5, 0.6) is 0 Å². The Labute approximate surface area is 137 Å². The SMILES string of the molecule is CCCn1c(=O)c([N+](=O)[O-])c(/C=C/c2cnn(C)c2)n(CC)c1=O. The average molecular weight is 333 g/mol. The van der Waals surface area contributed by atoms with E-state index in [0.29, 0.717) is 12.0 Å². The topological polar surface area (TPSA) is 105 Å². The van der Waals surface area contributed by atoms with Gasteiger partial charge in [-0.3, -0.25) is 28.7 Å². The molecular formula is C15H19N5O4. The summed E-state index contributed by atoms with van der Waals surface area (Å²) in [4.78, 5) is 35.5. The van der Waals surface area contributed by atoms with Gasteiger partial charge >= 0.3 is 16.9 Å². The van der Waals surface area contributed by atoms with Gasteiger partial charge in [0.2, 0.25) is 0 Å². The first-order valence-corrected chi connectivity index (χ1v) is 7.59. The van der Waals surface area contributed by atoms with Crippen molar-refractivity contribution in [3.8, 4) is 0 Å². The molecule has 9 nitrogen and oxygen atoms in total. The maximum Gasteiger partial charge on any atom is 0.357 e. The molecule has 0 radical (unpaired) electrons. The van der Waals surface area contributed by atoms with E-state index in [1.807, 2.05) is 0 Å². The summed E-state index contributed by atoms with van der Waals surface area (Å²) >= 11 is 0. The lowest BCUT2D eigenvalue weighted by Gasteiger charge is -2.11. The van der Waals surface area contributed by atoms with Crippen LogP contribution in [-0.4, -0.2) is 23.8 Å². The van der Waals surface area contributed by atoms with Gasteiger partial charge in [-0.2, -0.15) is 5.10 Å². The molecule has 0 aliphatic carbocycles. The minimum absolute atomic E-state index is 0.00583. The molecule has 2 aromatic rings. The number of hydrogen-bond acceptors (Lipinski definition) is 5. The zero-order valence-electron chi connectivity index (χ0n) is 13.8. The zero-order valence-corrected chi connectivity index (χ0v) is 13.8. The predicted molar refractivity (Wildman–Crippen MR) is 89.7 cm³/mol. The van der Waals surface area contributed by atoms with Crippen molar-refractivity contribution in [3.63, 3.8) is 0 Å². The second-order valence-electron chi connectivity index (χ2n) is 5.26. The Bertz CT molecular complexity index is 904. The Balaban J connectivity index is 2.73. The van der Waals surface area contributed by atoms with Crippen molar-refractivity contribution in [2.45, 2.75) is 33.4 Å². The third-order valence-electron chi connectivity index (χ3n) is 3.55. The van der Waals surface area contributed by atoms with E-state index in [1.54, 1.807) is 44.0 Å². The highest BCUT2D eigenvalue weighted by Gasteiger charge is 2.25. The smallest absolute Gasteiger partial charge is 0.288 e. The Kier molecular flexibility index (Phi) is 5.12. The van der Waals surface area contributed by atoms with Crippen molar-refractivity contribution in [1.82, 2.24) is 18.9 Å². The van der Waals surface area contributed by atoms with Gasteiger partial charge in [0.15, 0.2) is 0 Å². The second-order valence-corrected chi connectivity index (χ2v) is 5.26. The van der Waals surface area contributed by atoms with Crippen LogP contribution in [0.25, 0.3) is 12.2 Å². The Morgan fingerprint density at radius 2 is 1.96 bits per heavy atom. The number of rotatable bonds is 6. The predicted octanol–water partition coefficient (Wildman–Crippen LogP) is 1.25. The van der Waals surface area contributed by atoms with Crippen molar-refractivity contribution < 1.29 is 4.92 Å². The monoisotopic (exact) mass is 333 g/mol. The summed E-state index contributed by atoms with van der Waals surface area (Å²) in [5.41, 5.74) is -1.30. The highest BCUT2D eigenvalue weighted by molar-refractivity contribution is 5.71. The van der Waals surface area contributed by atoms with E-state index in [9.17, 15) is 19.7 Å². The van der Waals surface area contributed by atoms with Crippen LogP contribution in [0.15, 0.2) is 22.0 Å². The van der Waals surface area contributed by atoms with Gasteiger partial charge in [0.25, 0.3) is 0 Å². The van der Waals surface area contributed by atoms with Gasteiger partial charge in [0, 0.05) is 31.9 Å². The first-order chi connectivity index (χ1) is 11.4. The van der Waals surface area contributed by atoms with Crippen molar-refractivity contribution in [2.24, 2.45) is 7.05 Å². The molecule has 0 saturated carbocycles. The minimum Gasteiger partial charge on any atom is -0.288 e. The van der Waals surface area contributed by atoms with E-state index in [0.717, 1.165) is 4.57 Å². The van der Waals surface area contributed by atoms with Crippen LogP contribution in [0.2, 0.25) is 0 Å². The van der Waals surface area contributed by atoms with Crippen molar-refractivity contribution >= 4 is 17.8 Å². The highest BCUT2D eigenvalue weighted by Crippen LogP contribution is 2.15. The van der Waals surface area contributed by atoms with Crippen LogP contribution < -0.4 is 11.2 Å². The summed E-state index contributed by atoms with van der Waals surface area (Å²) in [7, 11) is 1.74. The Hall–Kier alpha value is -2.97. The van der Waals surface area contributed by atoms with Crippen LogP contribution in [0.3, 0.4) is 0 Å². The molecule has 0 unspecified atom stereocenters. The van der Waals surface area contributed by atoms with E-state index < -0.39 is 21.9 Å². The molecule has 128 valence electrons. The zero-order chi connectivity index (χ0) is 17.9. The Morgan fingerprint density at radius 1 is 1.25 bits per heavy atom. The van der Waals surface area contributed by atoms with Gasteiger partial charge in [-0.15, -0.1) is 0 Å². The molecule has 0 fully saturated rings. The largest absolute Gasteiger partial charge is 0.357 e. The van der Waals surface area contributed by atoms with Crippen molar-refractivity contribution in [2.75, 3.05) is 0 Å². The number of aromatic nitrogens is 4. The number of nitrogens with zero attached hydrogens (tertiary/aromatic N) is 5. The minimum atomic E-state index is -0.873. The molecule has 2 aromatic heterocycles. The number of nitro groups is 1. The fraction of sp³-hybridized carbons (Fsp3) is 0.400. The summed E-state index contributed by atoms with van der Waals surface area (Å²) in [6, 6.07) is 0. The molecule has 0 amide bonds. The van der Waals surface area contributed by atoms with E-state index in [4.69, 9.17) is 0 Å². The number of aryl methyl sites for hydroxylation is 1. The summed E-state index contributed by atoms with van der Waals surface area (Å²) in [6.45, 7) is 3.86. The van der Waals surface area contributed by atoms with Crippen molar-refractivity contribution in [1.29, 1.82) is 0 Å². The summed E-state index contributed by atoms with van der Waals surface area (Å²) < 4.78 is 3.74. The normalized spacial score (nSPS) is 11.3. The maximum atomic E-state index is 12.5. The van der Waals surface area contributed by atoms with Crippen LogP contribution in [0.4, 0.5) is 5.69 Å². The third kappa shape index (κ3) is 3.19. The highest BCUT2D eigenvalue weighted by atomic mass is 16.6. The average Bonchev–Trinajstić information content (AvgIpc) is 2.94. The van der Waals surface area contributed by atoms with Crippen LogP contribution in [-0.2, 0) is 20.1 Å². The molecule has 0 atom stereocenters. The van der Waals surface area contributed by atoms with Crippen LogP contribution >= 0.6 is 0 Å². The second kappa shape index (κ2) is 7.07. The molecule has 24 heavy (non-hydrogen) atoms. The summed E-state index contributed by atoms with van der Waals surface area (Å²) in [5.74, 6) is 0. The van der Waals surface area contributed by atoms with Gasteiger partial charge < -0.3 is 0 Å². The van der Waals surface area contributed by atoms with E-state index in [-0.39, 0.29) is 18.8 Å². The molecule has 0 spiro atoms. The molecular weight excluding hydrogens is 314 g/mol. The molecule has 0 aliphatic heterocycles. The lowest BCUT2D eigenvalue weighted by Crippen LogP contribution is -2.41. The van der Waals surface area contributed by atoms with Gasteiger partial charge in [0.05, 0.1) is 11.1 Å². The Morgan fingerprint density at radius 3 is 2.46 bits per heavy atom. The van der Waals surface area contributed by atoms with E-state index in [2.05, 4.69) is 5.10 Å². The summed E-state index contributed by atoms with van der Waals surface area (Å²) in [6.07, 6.45) is 6.83. The third-order valence-corrected chi connectivity index (χ3v) is 3.55. The molecule has 0 N–H and O–H groups in total. The molecule has 0 saturated heterocycles. The molecule has 0 aliphatic rings. The van der Waals surface area contributed by atoms with Crippen molar-refractivity contribution in [3.05, 3.63) is 54.6 Å². The first-order valence-electron chi connectivity index (χ1n) is 7.59. The van der Waals surface area contributed by atoms with Crippen LogP contribution in [0.1, 0.15) is 31.5 Å². The quantitative estimate of drug-likeness (QED) is 0.584. The molecule has 0 aromatic carbocycles. The fourth-order valence-electron chi connectivity index (χ4n) is 2.47. The van der Waals surface area contributed by atoms with Gasteiger partial charge in [0.1, 0.15) is 5.69 Å². The standard InChI is InChI=1S/C15H19N5O4/c1-4-8-19-14(21)13(20(23)24)12(18(5-2)15(19)22)7-6-11-9-16-17(3)10-11/h6-7,9-10H,4-5,8H2,1-3H3/b7-6+. The lowest BCUT2D eigenvalue weighted by molar-refractivity contribution is -0.387. The van der Waals surface area contributed by atoms with Crippen LogP contribution in [0, 0.1) is 10.1 Å². The van der Waals surface area contributed by atoms with E-state index >= 15 is 0 Å². The number of hydrogen-bond donors (Lipinski definition) is 0. The van der Waals surface area contributed by atoms with E-state index in [1.165, 1.54) is 10.6 Å². The molecule has 2 heterocycles. The fourth-order valence-corrected chi connectivity index (χ4v) is 2.47.